The van der Waals surface area contributed by atoms with Gasteiger partial charge in [-0.2, -0.15) is 0 Å². The molecule has 0 aromatic carbocycles. The minimum absolute atomic E-state index is 0.362. The standard InChI is InChI=1S/C5H7N3O/c6-9-3-5-1-7-4-8-2-5/h1-2,4H,3,6H2. The largest absolute Gasteiger partial charge is 0.300 e. The first-order chi connectivity index (χ1) is 4.43. The fourth-order valence-electron chi connectivity index (χ4n) is 0.501. The average Bonchev–Trinajstić information content (AvgIpc) is 1.91. The van der Waals surface area contributed by atoms with Crippen molar-refractivity contribution in [3.05, 3.63) is 24.3 Å². The van der Waals surface area contributed by atoms with E-state index in [0.29, 0.717) is 6.61 Å². The van der Waals surface area contributed by atoms with Crippen molar-refractivity contribution in [3.63, 3.8) is 0 Å². The zero-order valence-corrected chi connectivity index (χ0v) is 4.82. The Bertz CT molecular complexity index is 165. The third-order valence-electron chi connectivity index (χ3n) is 0.864. The van der Waals surface area contributed by atoms with Crippen LogP contribution in [0.2, 0.25) is 0 Å². The Balaban J connectivity index is 2.61. The van der Waals surface area contributed by atoms with Crippen LogP contribution in [-0.2, 0) is 11.4 Å². The minimum atomic E-state index is 0.362. The highest BCUT2D eigenvalue weighted by Crippen LogP contribution is 1.91. The smallest absolute Gasteiger partial charge is 0.115 e. The van der Waals surface area contributed by atoms with Crippen LogP contribution in [0.25, 0.3) is 0 Å². The second kappa shape index (κ2) is 3.11. The van der Waals surface area contributed by atoms with Gasteiger partial charge in [0, 0.05) is 18.0 Å². The van der Waals surface area contributed by atoms with Gasteiger partial charge in [0.2, 0.25) is 0 Å². The molecule has 0 saturated carbocycles. The van der Waals surface area contributed by atoms with Gasteiger partial charge in [0.15, 0.2) is 0 Å². The molecule has 0 atom stereocenters. The molecule has 1 rings (SSSR count). The van der Waals surface area contributed by atoms with Gasteiger partial charge in [0.05, 0.1) is 6.61 Å². The molecule has 2 N–H and O–H groups in total. The van der Waals surface area contributed by atoms with Crippen molar-refractivity contribution < 1.29 is 4.84 Å². The predicted octanol–water partition coefficient (Wildman–Crippen LogP) is -0.133. The molecule has 0 aliphatic carbocycles. The number of nitrogens with two attached hydrogens (primary N) is 1. The Kier molecular flexibility index (Phi) is 2.12. The lowest BCUT2D eigenvalue weighted by molar-refractivity contribution is 0.123. The van der Waals surface area contributed by atoms with Crippen LogP contribution >= 0.6 is 0 Å². The summed E-state index contributed by atoms with van der Waals surface area (Å²) in [7, 11) is 0. The van der Waals surface area contributed by atoms with Gasteiger partial charge in [0.1, 0.15) is 6.33 Å². The molecule has 4 heteroatoms. The van der Waals surface area contributed by atoms with E-state index in [2.05, 4.69) is 14.8 Å². The minimum Gasteiger partial charge on any atom is -0.300 e. The summed E-state index contributed by atoms with van der Waals surface area (Å²) in [6.07, 6.45) is 4.76. The van der Waals surface area contributed by atoms with E-state index < -0.39 is 0 Å². The normalized spacial score (nSPS) is 9.44. The molecule has 0 amide bonds. The molecule has 0 aliphatic heterocycles. The Morgan fingerprint density at radius 3 is 2.67 bits per heavy atom. The van der Waals surface area contributed by atoms with Gasteiger partial charge in [-0.1, -0.05) is 0 Å². The van der Waals surface area contributed by atoms with E-state index in [4.69, 9.17) is 5.90 Å². The first-order valence-corrected chi connectivity index (χ1v) is 2.49. The van der Waals surface area contributed by atoms with Gasteiger partial charge in [-0.3, -0.25) is 4.84 Å². The number of nitrogens with zero attached hydrogens (tertiary/aromatic N) is 2. The quantitative estimate of drug-likeness (QED) is 0.559. The topological polar surface area (TPSA) is 61.0 Å². The maximum atomic E-state index is 4.80. The van der Waals surface area contributed by atoms with Gasteiger partial charge in [0.25, 0.3) is 0 Å². The van der Waals surface area contributed by atoms with Crippen molar-refractivity contribution in [3.8, 4) is 0 Å². The fraction of sp³-hybridized carbons (Fsp3) is 0.200. The second-order valence-corrected chi connectivity index (χ2v) is 1.56. The summed E-state index contributed by atoms with van der Waals surface area (Å²) >= 11 is 0. The van der Waals surface area contributed by atoms with Crippen LogP contribution in [0, 0.1) is 0 Å². The van der Waals surface area contributed by atoms with E-state index in [1.807, 2.05) is 0 Å². The van der Waals surface area contributed by atoms with Crippen LogP contribution in [0.5, 0.6) is 0 Å². The van der Waals surface area contributed by atoms with Crippen molar-refractivity contribution in [1.82, 2.24) is 9.97 Å². The molecule has 0 aliphatic rings. The Morgan fingerprint density at radius 2 is 2.11 bits per heavy atom. The molecule has 0 unspecified atom stereocenters. The maximum Gasteiger partial charge on any atom is 0.115 e. The molecule has 9 heavy (non-hydrogen) atoms. The lowest BCUT2D eigenvalue weighted by atomic mass is 10.4. The first kappa shape index (κ1) is 6.12. The zero-order chi connectivity index (χ0) is 6.53. The molecule has 48 valence electrons. The molecule has 0 bridgehead atoms. The van der Waals surface area contributed by atoms with Crippen LogP contribution in [0.1, 0.15) is 5.56 Å². The van der Waals surface area contributed by atoms with Crippen molar-refractivity contribution >= 4 is 0 Å². The van der Waals surface area contributed by atoms with E-state index in [1.54, 1.807) is 12.4 Å². The SMILES string of the molecule is NOCc1cncnc1. The second-order valence-electron chi connectivity index (χ2n) is 1.56. The summed E-state index contributed by atoms with van der Waals surface area (Å²) in [5.74, 6) is 4.80. The molecule has 4 nitrogen and oxygen atoms in total. The van der Waals surface area contributed by atoms with Gasteiger partial charge < -0.3 is 0 Å². The van der Waals surface area contributed by atoms with E-state index in [1.165, 1.54) is 6.33 Å². The van der Waals surface area contributed by atoms with Crippen LogP contribution in [-0.4, -0.2) is 9.97 Å². The van der Waals surface area contributed by atoms with Crippen LogP contribution in [0.15, 0.2) is 18.7 Å². The van der Waals surface area contributed by atoms with Crippen LogP contribution in [0.4, 0.5) is 0 Å². The number of hydrogen-bond donors (Lipinski definition) is 1. The molecule has 1 heterocycles. The lowest BCUT2D eigenvalue weighted by Crippen LogP contribution is -1.99. The van der Waals surface area contributed by atoms with E-state index in [9.17, 15) is 0 Å². The summed E-state index contributed by atoms with van der Waals surface area (Å²) in [6.45, 7) is 0.362. The summed E-state index contributed by atoms with van der Waals surface area (Å²) < 4.78 is 0. The first-order valence-electron chi connectivity index (χ1n) is 2.49. The maximum absolute atomic E-state index is 4.80. The van der Waals surface area contributed by atoms with E-state index in [0.717, 1.165) is 5.56 Å². The van der Waals surface area contributed by atoms with Crippen molar-refractivity contribution in [1.29, 1.82) is 0 Å². The van der Waals surface area contributed by atoms with E-state index in [-0.39, 0.29) is 0 Å². The highest BCUT2D eigenvalue weighted by Gasteiger charge is 1.87. The fourth-order valence-corrected chi connectivity index (χ4v) is 0.501. The molecule has 0 saturated heterocycles. The third kappa shape index (κ3) is 1.75. The van der Waals surface area contributed by atoms with Crippen molar-refractivity contribution in [2.75, 3.05) is 0 Å². The average molecular weight is 125 g/mol. The number of rotatable bonds is 2. The summed E-state index contributed by atoms with van der Waals surface area (Å²) in [6, 6.07) is 0. The highest BCUT2D eigenvalue weighted by molar-refractivity contribution is 4.99. The van der Waals surface area contributed by atoms with Gasteiger partial charge in [-0.25, -0.2) is 15.9 Å². The summed E-state index contributed by atoms with van der Waals surface area (Å²) in [4.78, 5) is 11.9. The monoisotopic (exact) mass is 125 g/mol. The molecule has 0 fully saturated rings. The molecule has 1 aromatic heterocycles. The van der Waals surface area contributed by atoms with Gasteiger partial charge in [-0.15, -0.1) is 0 Å². The van der Waals surface area contributed by atoms with Crippen LogP contribution < -0.4 is 5.90 Å². The molecule has 0 spiro atoms. The molecular weight excluding hydrogens is 118 g/mol. The van der Waals surface area contributed by atoms with E-state index >= 15 is 0 Å². The number of hydrogen-bond acceptors (Lipinski definition) is 4. The summed E-state index contributed by atoms with van der Waals surface area (Å²) in [5, 5.41) is 0. The van der Waals surface area contributed by atoms with Gasteiger partial charge in [-0.05, 0) is 0 Å². The zero-order valence-electron chi connectivity index (χ0n) is 4.82. The van der Waals surface area contributed by atoms with Gasteiger partial charge >= 0.3 is 0 Å². The van der Waals surface area contributed by atoms with Crippen molar-refractivity contribution in [2.24, 2.45) is 5.90 Å². The molecular formula is C5H7N3O. The number of aromatic nitrogens is 2. The van der Waals surface area contributed by atoms with Crippen molar-refractivity contribution in [2.45, 2.75) is 6.61 Å². The third-order valence-corrected chi connectivity index (χ3v) is 0.864. The molecule has 0 radical (unpaired) electrons. The Labute approximate surface area is 52.6 Å². The van der Waals surface area contributed by atoms with Crippen LogP contribution in [0.3, 0.4) is 0 Å². The predicted molar refractivity (Wildman–Crippen MR) is 31.0 cm³/mol. The highest BCUT2D eigenvalue weighted by atomic mass is 16.6. The molecule has 1 aromatic rings. The summed E-state index contributed by atoms with van der Waals surface area (Å²) in [5.41, 5.74) is 0.875. The lowest BCUT2D eigenvalue weighted by Gasteiger charge is -1.93. The Morgan fingerprint density at radius 1 is 1.44 bits per heavy atom. The Hall–Kier alpha value is -1.00.